The van der Waals surface area contributed by atoms with Crippen molar-refractivity contribution in [3.05, 3.63) is 53.3 Å². The SMILES string of the molecule is Nc1cnc(=O)[nH]c1-c1cccc2cnccc12. The molecule has 3 N–H and O–H groups in total. The van der Waals surface area contributed by atoms with Crippen molar-refractivity contribution in [3.8, 4) is 11.3 Å². The van der Waals surface area contributed by atoms with Crippen LogP contribution in [0.2, 0.25) is 0 Å². The summed E-state index contributed by atoms with van der Waals surface area (Å²) < 4.78 is 0. The molecule has 0 spiro atoms. The normalized spacial score (nSPS) is 10.7. The van der Waals surface area contributed by atoms with Crippen molar-refractivity contribution in [2.45, 2.75) is 0 Å². The van der Waals surface area contributed by atoms with Crippen LogP contribution in [0.4, 0.5) is 5.69 Å². The number of nitrogens with two attached hydrogens (primary N) is 1. The molecule has 0 aliphatic carbocycles. The fraction of sp³-hybridized carbons (Fsp3) is 0. The molecule has 0 fully saturated rings. The van der Waals surface area contributed by atoms with Crippen LogP contribution in [0.1, 0.15) is 0 Å². The largest absolute Gasteiger partial charge is 0.396 e. The molecule has 18 heavy (non-hydrogen) atoms. The highest BCUT2D eigenvalue weighted by molar-refractivity contribution is 5.97. The Labute approximate surface area is 102 Å². The number of pyridine rings is 1. The summed E-state index contributed by atoms with van der Waals surface area (Å²) in [6.07, 6.45) is 4.85. The molecular weight excluding hydrogens is 228 g/mol. The predicted molar refractivity (Wildman–Crippen MR) is 70.0 cm³/mol. The number of anilines is 1. The summed E-state index contributed by atoms with van der Waals surface area (Å²) in [5.41, 5.74) is 7.35. The molecule has 0 unspecified atom stereocenters. The molecule has 0 radical (unpaired) electrons. The number of rotatable bonds is 1. The molecule has 5 nitrogen and oxygen atoms in total. The van der Waals surface area contributed by atoms with Crippen LogP contribution in [0, 0.1) is 0 Å². The van der Waals surface area contributed by atoms with Crippen LogP contribution < -0.4 is 11.4 Å². The van der Waals surface area contributed by atoms with Gasteiger partial charge in [0.25, 0.3) is 0 Å². The van der Waals surface area contributed by atoms with Gasteiger partial charge in [-0.1, -0.05) is 18.2 Å². The Morgan fingerprint density at radius 1 is 1.17 bits per heavy atom. The first kappa shape index (κ1) is 10.5. The molecule has 5 heteroatoms. The number of benzene rings is 1. The highest BCUT2D eigenvalue weighted by Crippen LogP contribution is 2.28. The van der Waals surface area contributed by atoms with E-state index in [9.17, 15) is 4.79 Å². The van der Waals surface area contributed by atoms with E-state index in [1.165, 1.54) is 6.20 Å². The van der Waals surface area contributed by atoms with E-state index >= 15 is 0 Å². The number of nitrogen functional groups attached to an aromatic ring is 1. The second kappa shape index (κ2) is 3.96. The number of aromatic nitrogens is 3. The Balaban J connectivity index is 2.38. The lowest BCUT2D eigenvalue weighted by Gasteiger charge is -2.08. The average molecular weight is 238 g/mol. The highest BCUT2D eigenvalue weighted by atomic mass is 16.1. The Kier molecular flexibility index (Phi) is 2.30. The average Bonchev–Trinajstić information content (AvgIpc) is 2.41. The molecule has 2 heterocycles. The van der Waals surface area contributed by atoms with Crippen molar-refractivity contribution in [2.75, 3.05) is 5.73 Å². The summed E-state index contributed by atoms with van der Waals surface area (Å²) in [6, 6.07) is 7.66. The van der Waals surface area contributed by atoms with E-state index in [1.54, 1.807) is 12.4 Å². The maximum absolute atomic E-state index is 11.3. The Morgan fingerprint density at radius 3 is 2.94 bits per heavy atom. The Morgan fingerprint density at radius 2 is 2.06 bits per heavy atom. The second-order valence-electron chi connectivity index (χ2n) is 3.92. The van der Waals surface area contributed by atoms with Crippen LogP contribution in [-0.4, -0.2) is 15.0 Å². The van der Waals surface area contributed by atoms with Gasteiger partial charge in [-0.25, -0.2) is 4.79 Å². The first-order valence-electron chi connectivity index (χ1n) is 5.43. The van der Waals surface area contributed by atoms with Gasteiger partial charge >= 0.3 is 5.69 Å². The highest BCUT2D eigenvalue weighted by Gasteiger charge is 2.08. The van der Waals surface area contributed by atoms with Gasteiger partial charge in [-0.2, -0.15) is 4.98 Å². The summed E-state index contributed by atoms with van der Waals surface area (Å²) in [5.74, 6) is 0. The van der Waals surface area contributed by atoms with E-state index in [-0.39, 0.29) is 0 Å². The van der Waals surface area contributed by atoms with Crippen molar-refractivity contribution in [2.24, 2.45) is 0 Å². The molecule has 1 aromatic carbocycles. The molecule has 88 valence electrons. The number of hydrogen-bond acceptors (Lipinski definition) is 4. The molecule has 0 amide bonds. The van der Waals surface area contributed by atoms with Crippen LogP contribution in [0.3, 0.4) is 0 Å². The van der Waals surface area contributed by atoms with Crippen LogP contribution in [-0.2, 0) is 0 Å². The first-order valence-corrected chi connectivity index (χ1v) is 5.43. The minimum Gasteiger partial charge on any atom is -0.396 e. The number of fused-ring (bicyclic) bond motifs is 1. The van der Waals surface area contributed by atoms with Gasteiger partial charge in [0.05, 0.1) is 17.6 Å². The number of hydrogen-bond donors (Lipinski definition) is 2. The third-order valence-electron chi connectivity index (χ3n) is 2.79. The zero-order chi connectivity index (χ0) is 12.5. The molecule has 0 aliphatic heterocycles. The molecule has 0 saturated carbocycles. The van der Waals surface area contributed by atoms with Crippen molar-refractivity contribution in [1.29, 1.82) is 0 Å². The summed E-state index contributed by atoms with van der Waals surface area (Å²) >= 11 is 0. The summed E-state index contributed by atoms with van der Waals surface area (Å²) in [4.78, 5) is 21.7. The topological polar surface area (TPSA) is 84.7 Å². The van der Waals surface area contributed by atoms with E-state index in [0.29, 0.717) is 11.4 Å². The van der Waals surface area contributed by atoms with Crippen LogP contribution in [0.5, 0.6) is 0 Å². The Hall–Kier alpha value is -2.69. The third-order valence-corrected chi connectivity index (χ3v) is 2.79. The molecule has 3 rings (SSSR count). The van der Waals surface area contributed by atoms with E-state index in [1.807, 2.05) is 24.3 Å². The lowest BCUT2D eigenvalue weighted by molar-refractivity contribution is 1.09. The predicted octanol–water partition coefficient (Wildman–Crippen LogP) is 1.57. The Bertz CT molecular complexity index is 774. The standard InChI is InChI=1S/C13H10N4O/c14-11-7-16-13(18)17-12(11)10-3-1-2-8-6-15-5-4-9(8)10/h1-7H,14H2,(H,16,17,18). The first-order chi connectivity index (χ1) is 8.75. The molecule has 0 atom stereocenters. The van der Waals surface area contributed by atoms with Crippen molar-refractivity contribution >= 4 is 16.5 Å². The number of nitrogens with zero attached hydrogens (tertiary/aromatic N) is 2. The number of aromatic amines is 1. The van der Waals surface area contributed by atoms with Crippen LogP contribution in [0.25, 0.3) is 22.0 Å². The number of H-pyrrole nitrogens is 1. The molecular formula is C13H10N4O. The fourth-order valence-electron chi connectivity index (χ4n) is 1.97. The molecule has 3 aromatic rings. The van der Waals surface area contributed by atoms with E-state index in [2.05, 4.69) is 15.0 Å². The summed E-state index contributed by atoms with van der Waals surface area (Å²) in [7, 11) is 0. The summed E-state index contributed by atoms with van der Waals surface area (Å²) in [6.45, 7) is 0. The lowest BCUT2D eigenvalue weighted by atomic mass is 10.0. The van der Waals surface area contributed by atoms with Gasteiger partial charge in [-0.05, 0) is 11.5 Å². The van der Waals surface area contributed by atoms with E-state index in [4.69, 9.17) is 5.73 Å². The van der Waals surface area contributed by atoms with Gasteiger partial charge < -0.3 is 10.7 Å². The van der Waals surface area contributed by atoms with Crippen LogP contribution in [0.15, 0.2) is 47.7 Å². The van der Waals surface area contributed by atoms with E-state index < -0.39 is 5.69 Å². The second-order valence-corrected chi connectivity index (χ2v) is 3.92. The maximum atomic E-state index is 11.3. The van der Waals surface area contributed by atoms with Gasteiger partial charge in [0.15, 0.2) is 0 Å². The third kappa shape index (κ3) is 1.62. The van der Waals surface area contributed by atoms with Gasteiger partial charge in [0.2, 0.25) is 0 Å². The van der Waals surface area contributed by atoms with Gasteiger partial charge in [0.1, 0.15) is 0 Å². The monoisotopic (exact) mass is 238 g/mol. The quantitative estimate of drug-likeness (QED) is 0.673. The minimum absolute atomic E-state index is 0.412. The fourth-order valence-corrected chi connectivity index (χ4v) is 1.97. The van der Waals surface area contributed by atoms with Crippen molar-refractivity contribution < 1.29 is 0 Å². The van der Waals surface area contributed by atoms with E-state index in [0.717, 1.165) is 16.3 Å². The van der Waals surface area contributed by atoms with Gasteiger partial charge in [-0.3, -0.25) is 4.98 Å². The zero-order valence-corrected chi connectivity index (χ0v) is 9.42. The molecule has 0 aliphatic rings. The lowest BCUT2D eigenvalue weighted by Crippen LogP contribution is -2.12. The van der Waals surface area contributed by atoms with Gasteiger partial charge in [-0.15, -0.1) is 0 Å². The smallest absolute Gasteiger partial charge is 0.345 e. The summed E-state index contributed by atoms with van der Waals surface area (Å²) in [5, 5.41) is 1.98. The van der Waals surface area contributed by atoms with Crippen molar-refractivity contribution in [1.82, 2.24) is 15.0 Å². The number of nitrogens with one attached hydrogen (secondary N) is 1. The molecule has 0 saturated heterocycles. The molecule has 0 bridgehead atoms. The minimum atomic E-state index is -0.412. The maximum Gasteiger partial charge on any atom is 0.345 e. The van der Waals surface area contributed by atoms with Crippen LogP contribution >= 0.6 is 0 Å². The zero-order valence-electron chi connectivity index (χ0n) is 9.42. The van der Waals surface area contributed by atoms with Gasteiger partial charge in [0, 0.05) is 23.3 Å². The molecule has 2 aromatic heterocycles. The van der Waals surface area contributed by atoms with Crippen molar-refractivity contribution in [3.63, 3.8) is 0 Å².